The van der Waals surface area contributed by atoms with Gasteiger partial charge in [-0.3, -0.25) is 5.32 Å². The highest BCUT2D eigenvalue weighted by Crippen LogP contribution is 2.40. The van der Waals surface area contributed by atoms with Crippen LogP contribution in [-0.2, 0) is 25.0 Å². The third-order valence-electron chi connectivity index (χ3n) is 6.95. The number of imidazole rings is 1. The Bertz CT molecular complexity index is 1250. The molecule has 5 nitrogen and oxygen atoms in total. The Hall–Kier alpha value is -3.57. The quantitative estimate of drug-likeness (QED) is 0.311. The number of rotatable bonds is 10. The summed E-state index contributed by atoms with van der Waals surface area (Å²) in [6.45, 7) is 5.41. The summed E-state index contributed by atoms with van der Waals surface area (Å²) in [5, 5.41) is 3.98. The Morgan fingerprint density at radius 2 is 1.86 bits per heavy atom. The van der Waals surface area contributed by atoms with Crippen molar-refractivity contribution in [1.29, 1.82) is 0 Å². The second-order valence-corrected chi connectivity index (χ2v) is 9.25. The Kier molecular flexibility index (Phi) is 6.87. The van der Waals surface area contributed by atoms with E-state index >= 15 is 0 Å². The zero-order chi connectivity index (χ0) is 24.1. The molecule has 0 saturated carbocycles. The maximum atomic E-state index is 5.72. The summed E-state index contributed by atoms with van der Waals surface area (Å²) < 4.78 is 13.4. The molecular weight excluding hydrogens is 434 g/mol. The molecule has 4 aromatic rings. The maximum absolute atomic E-state index is 5.72. The van der Waals surface area contributed by atoms with Crippen LogP contribution in [-0.4, -0.2) is 16.3 Å². The maximum Gasteiger partial charge on any atom is 0.231 e. The molecule has 1 aromatic heterocycles. The number of nitrogens with zero attached hydrogens (tertiary/aromatic N) is 2. The predicted molar refractivity (Wildman–Crippen MR) is 139 cm³/mol. The number of aromatic nitrogens is 2. The zero-order valence-corrected chi connectivity index (χ0v) is 20.5. The number of hydrogen-bond acceptors (Lipinski definition) is 4. The molecule has 1 aliphatic rings. The molecule has 3 aromatic carbocycles. The lowest BCUT2D eigenvalue weighted by Crippen LogP contribution is -2.47. The summed E-state index contributed by atoms with van der Waals surface area (Å²) in [5.74, 6) is 1.62. The number of hydrogen-bond donors (Lipinski definition) is 1. The van der Waals surface area contributed by atoms with E-state index in [-0.39, 0.29) is 6.79 Å². The second-order valence-electron chi connectivity index (χ2n) is 9.25. The molecule has 180 valence electrons. The number of benzene rings is 3. The highest BCUT2D eigenvalue weighted by molar-refractivity contribution is 5.50. The summed E-state index contributed by atoms with van der Waals surface area (Å²) in [5.41, 5.74) is 6.08. The van der Waals surface area contributed by atoms with Crippen LogP contribution in [0.5, 0.6) is 11.5 Å². The molecule has 5 heteroatoms. The zero-order valence-electron chi connectivity index (χ0n) is 20.5. The summed E-state index contributed by atoms with van der Waals surface area (Å²) in [7, 11) is 0. The smallest absolute Gasteiger partial charge is 0.231 e. The summed E-state index contributed by atoms with van der Waals surface area (Å²) in [6.07, 6.45) is 9.83. The van der Waals surface area contributed by atoms with Gasteiger partial charge in [-0.25, -0.2) is 4.98 Å². The molecule has 0 amide bonds. The minimum absolute atomic E-state index is 0.278. The second kappa shape index (κ2) is 10.4. The minimum atomic E-state index is -0.450. The predicted octanol–water partition coefficient (Wildman–Crippen LogP) is 6.00. The van der Waals surface area contributed by atoms with Crippen LogP contribution >= 0.6 is 0 Å². The van der Waals surface area contributed by atoms with Gasteiger partial charge in [0.05, 0.1) is 18.5 Å². The molecule has 1 aliphatic heterocycles. The largest absolute Gasteiger partial charge is 0.454 e. The molecular formula is C30H33N3O2. The summed E-state index contributed by atoms with van der Waals surface area (Å²) >= 11 is 0. The van der Waals surface area contributed by atoms with Gasteiger partial charge in [0.25, 0.3) is 0 Å². The fourth-order valence-corrected chi connectivity index (χ4v) is 5.09. The average molecular weight is 468 g/mol. The number of unbranched alkanes of at least 4 members (excludes halogenated alkanes) is 1. The van der Waals surface area contributed by atoms with Crippen molar-refractivity contribution in [1.82, 2.24) is 14.9 Å². The number of nitrogens with one attached hydrogen (secondary N) is 1. The first-order valence-corrected chi connectivity index (χ1v) is 12.4. The SMILES string of the molecule is CCCCc1c(C)cccc1C(Cc1ccc2c(c1)OCO2)(NCn1ccnc1)c1ccccc1. The molecule has 0 bridgehead atoms. The molecule has 1 atom stereocenters. The minimum Gasteiger partial charge on any atom is -0.454 e. The molecule has 2 heterocycles. The van der Waals surface area contributed by atoms with Crippen LogP contribution in [0.4, 0.5) is 0 Å². The van der Waals surface area contributed by atoms with Gasteiger partial charge in [0.15, 0.2) is 11.5 Å². The van der Waals surface area contributed by atoms with Gasteiger partial charge < -0.3 is 14.0 Å². The standard InChI is InChI=1S/C30H33N3O2/c1-3-4-12-26-23(2)9-8-13-27(26)30(25-10-6-5-7-11-25,32-21-33-17-16-31-20-33)19-24-14-15-28-29(18-24)35-22-34-28/h5-11,13-18,20,32H,3-4,12,19,21-22H2,1-2H3. The first-order chi connectivity index (χ1) is 17.2. The van der Waals surface area contributed by atoms with E-state index in [9.17, 15) is 0 Å². The van der Waals surface area contributed by atoms with E-state index in [1.807, 2.05) is 24.8 Å². The molecule has 1 N–H and O–H groups in total. The van der Waals surface area contributed by atoms with Crippen LogP contribution in [0.25, 0.3) is 0 Å². The highest BCUT2D eigenvalue weighted by Gasteiger charge is 2.36. The van der Waals surface area contributed by atoms with E-state index in [1.165, 1.54) is 27.8 Å². The van der Waals surface area contributed by atoms with Gasteiger partial charge >= 0.3 is 0 Å². The Morgan fingerprint density at radius 3 is 2.66 bits per heavy atom. The molecule has 0 fully saturated rings. The van der Waals surface area contributed by atoms with Crippen LogP contribution in [0.3, 0.4) is 0 Å². The number of aryl methyl sites for hydroxylation is 1. The Labute approximate surface area is 207 Å². The lowest BCUT2D eigenvalue weighted by molar-refractivity contribution is 0.174. The lowest BCUT2D eigenvalue weighted by Gasteiger charge is -2.39. The van der Waals surface area contributed by atoms with Gasteiger partial charge in [-0.2, -0.15) is 0 Å². The van der Waals surface area contributed by atoms with Gasteiger partial charge in [0.2, 0.25) is 6.79 Å². The van der Waals surface area contributed by atoms with E-state index < -0.39 is 5.54 Å². The van der Waals surface area contributed by atoms with Gasteiger partial charge in [-0.15, -0.1) is 0 Å². The van der Waals surface area contributed by atoms with Crippen molar-refractivity contribution in [2.24, 2.45) is 0 Å². The fourth-order valence-electron chi connectivity index (χ4n) is 5.09. The topological polar surface area (TPSA) is 48.3 Å². The van der Waals surface area contributed by atoms with Gasteiger partial charge in [-0.1, -0.05) is 67.9 Å². The van der Waals surface area contributed by atoms with Gasteiger partial charge in [-0.05, 0) is 66.1 Å². The summed E-state index contributed by atoms with van der Waals surface area (Å²) in [4.78, 5) is 4.26. The third kappa shape index (κ3) is 4.82. The van der Waals surface area contributed by atoms with E-state index in [0.29, 0.717) is 6.67 Å². The van der Waals surface area contributed by atoms with E-state index in [0.717, 1.165) is 37.2 Å². The van der Waals surface area contributed by atoms with Gasteiger partial charge in [0.1, 0.15) is 0 Å². The first kappa shape index (κ1) is 23.2. The van der Waals surface area contributed by atoms with Crippen LogP contribution in [0.15, 0.2) is 85.5 Å². The molecule has 0 radical (unpaired) electrons. The molecule has 0 saturated heterocycles. The van der Waals surface area contributed by atoms with Crippen molar-refractivity contribution in [2.75, 3.05) is 6.79 Å². The molecule has 1 unspecified atom stereocenters. The first-order valence-electron chi connectivity index (χ1n) is 12.4. The van der Waals surface area contributed by atoms with Crippen LogP contribution in [0.2, 0.25) is 0 Å². The molecule has 0 aliphatic carbocycles. The highest BCUT2D eigenvalue weighted by atomic mass is 16.7. The van der Waals surface area contributed by atoms with E-state index in [2.05, 4.69) is 89.4 Å². The average Bonchev–Trinajstić information content (AvgIpc) is 3.58. The fraction of sp³-hybridized carbons (Fsp3) is 0.300. The van der Waals surface area contributed by atoms with Crippen molar-refractivity contribution in [3.63, 3.8) is 0 Å². The molecule has 0 spiro atoms. The molecule has 35 heavy (non-hydrogen) atoms. The lowest BCUT2D eigenvalue weighted by atomic mass is 9.74. The van der Waals surface area contributed by atoms with Crippen LogP contribution in [0, 0.1) is 6.92 Å². The third-order valence-corrected chi connectivity index (χ3v) is 6.95. The van der Waals surface area contributed by atoms with Crippen molar-refractivity contribution in [3.05, 3.63) is 113 Å². The molecule has 5 rings (SSSR count). The van der Waals surface area contributed by atoms with Crippen molar-refractivity contribution < 1.29 is 9.47 Å². The van der Waals surface area contributed by atoms with E-state index in [4.69, 9.17) is 9.47 Å². The van der Waals surface area contributed by atoms with Crippen LogP contribution in [0.1, 0.15) is 47.6 Å². The normalized spacial score (nSPS) is 14.1. The number of fused-ring (bicyclic) bond motifs is 1. The monoisotopic (exact) mass is 467 g/mol. The van der Waals surface area contributed by atoms with Crippen molar-refractivity contribution >= 4 is 0 Å². The Morgan fingerprint density at radius 1 is 1.00 bits per heavy atom. The number of ether oxygens (including phenoxy) is 2. The van der Waals surface area contributed by atoms with E-state index in [1.54, 1.807) is 0 Å². The van der Waals surface area contributed by atoms with Crippen molar-refractivity contribution in [3.8, 4) is 11.5 Å². The summed E-state index contributed by atoms with van der Waals surface area (Å²) in [6, 6.07) is 23.9. The van der Waals surface area contributed by atoms with Crippen molar-refractivity contribution in [2.45, 2.75) is 51.7 Å². The Balaban J connectivity index is 1.67. The van der Waals surface area contributed by atoms with Crippen LogP contribution < -0.4 is 14.8 Å². The van der Waals surface area contributed by atoms with Gasteiger partial charge in [0, 0.05) is 12.4 Å².